The van der Waals surface area contributed by atoms with Gasteiger partial charge in [0, 0.05) is 0 Å². The normalized spacial score (nSPS) is 13.5. The zero-order chi connectivity index (χ0) is 36.7. The molecule has 0 atom stereocenters. The number of aliphatic imine (C=N–C) groups is 1. The van der Waals surface area contributed by atoms with Crippen molar-refractivity contribution in [3.63, 3.8) is 0 Å². The van der Waals surface area contributed by atoms with Crippen LogP contribution in [-0.4, -0.2) is 17.0 Å². The van der Waals surface area contributed by atoms with Gasteiger partial charge in [0.05, 0.1) is 0 Å². The van der Waals surface area contributed by atoms with Crippen molar-refractivity contribution < 1.29 is 24.3 Å². The molecule has 0 unspecified atom stereocenters. The van der Waals surface area contributed by atoms with Crippen LogP contribution >= 0.6 is 0 Å². The van der Waals surface area contributed by atoms with E-state index in [1.54, 1.807) is 0 Å². The maximum atomic E-state index is 5.69. The topological polar surface area (TPSA) is 20.3 Å². The number of nitrogens with zero attached hydrogens (tertiary/aromatic N) is 3. The molecular weight excluding hydrogens is 793 g/mol. The third-order valence-corrected chi connectivity index (χ3v) is 14.1. The number of amidine groups is 1. The van der Waals surface area contributed by atoms with Gasteiger partial charge in [-0.15, -0.1) is 0 Å². The van der Waals surface area contributed by atoms with Crippen molar-refractivity contribution >= 4 is 91.0 Å². The second-order valence-corrected chi connectivity index (χ2v) is 17.0. The van der Waals surface area contributed by atoms with E-state index in [0.29, 0.717) is 0 Å². The number of benzene rings is 10. The Labute approximate surface area is 333 Å². The van der Waals surface area contributed by atoms with Crippen molar-refractivity contribution in [1.29, 1.82) is 0 Å². The molecule has 56 heavy (non-hydrogen) atoms. The van der Waals surface area contributed by atoms with Gasteiger partial charge in [0.15, 0.2) is 0 Å². The Bertz CT molecular complexity index is 3450. The van der Waals surface area contributed by atoms with Crippen LogP contribution in [0, 0.1) is 0 Å². The van der Waals surface area contributed by atoms with Crippen molar-refractivity contribution in [2.24, 2.45) is 4.99 Å². The number of hydrogen-bond donors (Lipinski definition) is 0. The molecule has 12 rings (SSSR count). The van der Waals surface area contributed by atoms with Gasteiger partial charge in [-0.1, -0.05) is 0 Å². The van der Waals surface area contributed by atoms with Gasteiger partial charge in [-0.05, 0) is 0 Å². The summed E-state index contributed by atoms with van der Waals surface area (Å²) in [6, 6.07) is 71.1. The van der Waals surface area contributed by atoms with Crippen molar-refractivity contribution in [2.45, 2.75) is 0 Å². The van der Waals surface area contributed by atoms with Gasteiger partial charge in [-0.3, -0.25) is 0 Å². The zero-order valence-electron chi connectivity index (χ0n) is 30.2. The fraction of sp³-hybridized carbons (Fsp3) is 0. The Morgan fingerprint density at radius 1 is 0.375 bits per heavy atom. The number of rotatable bonds is 3. The van der Waals surface area contributed by atoms with Crippen LogP contribution in [0.4, 0.5) is 5.69 Å². The zero-order valence-corrected chi connectivity index (χ0v) is 32.4. The van der Waals surface area contributed by atoms with E-state index in [1.807, 2.05) is 0 Å². The summed E-state index contributed by atoms with van der Waals surface area (Å²) in [7, 11) is 0. The van der Waals surface area contributed by atoms with E-state index in [2.05, 4.69) is 201 Å². The molecule has 0 saturated carbocycles. The van der Waals surface area contributed by atoms with Crippen LogP contribution in [0.25, 0.3) is 86.8 Å². The van der Waals surface area contributed by atoms with Crippen LogP contribution in [0.1, 0.15) is 5.56 Å². The molecule has 2 heterocycles. The molecular formula is C52H32IN3. The molecule has 3 nitrogen and oxygen atoms in total. The van der Waals surface area contributed by atoms with E-state index in [1.165, 1.54) is 86.8 Å². The van der Waals surface area contributed by atoms with E-state index in [9.17, 15) is 0 Å². The molecule has 262 valence electrons. The first kappa shape index (κ1) is 31.7. The Morgan fingerprint density at radius 3 is 1.66 bits per heavy atom. The van der Waals surface area contributed by atoms with Gasteiger partial charge >= 0.3 is 336 Å². The first-order valence-corrected chi connectivity index (χ1v) is 21.1. The van der Waals surface area contributed by atoms with Gasteiger partial charge in [-0.2, -0.15) is 0 Å². The van der Waals surface area contributed by atoms with E-state index < -0.39 is 21.5 Å². The standard InChI is InChI=1S/C52H32IN3/c1-2-12-33(13-3-1)35-24-26-40(27-25-35)56-51(39-23-22-34-14-4-5-15-36(34)30-39)54-52(53-56)55-47-29-28-45-43-20-9-8-18-41(43)42-19-10-11-21-44(42)49(45)50(47)46-31-37-16-6-7-17-38(37)32-48(46)55/h1-32H. The summed E-state index contributed by atoms with van der Waals surface area (Å²) in [4.78, 5) is 5.69. The van der Waals surface area contributed by atoms with Crippen LogP contribution in [-0.2, 0) is 0 Å². The van der Waals surface area contributed by atoms with Gasteiger partial charge in [-0.25, -0.2) is 0 Å². The molecule has 0 spiro atoms. The summed E-state index contributed by atoms with van der Waals surface area (Å²) in [5.41, 5.74) is 7.10. The first-order chi connectivity index (χ1) is 27.8. The number of halogens is 1. The van der Waals surface area contributed by atoms with E-state index in [4.69, 9.17) is 4.99 Å². The number of aromatic nitrogens is 1. The SMILES string of the molecule is c1ccc(-c2ccc([N+]3=C(c4ccc5ccccc5c4)N=C(n4c5cc6ccccc6cc5c5c6c7ccccc7c7ccccc7c6ccc54)[I-]3)cc2)cc1. The quantitative estimate of drug-likeness (QED) is 0.0961. The summed E-state index contributed by atoms with van der Waals surface area (Å²) in [5, 5.41) is 15.2. The average Bonchev–Trinajstić information content (AvgIpc) is 3.85. The minimum absolute atomic E-state index is 0.789. The molecule has 1 aliphatic heterocycles. The summed E-state index contributed by atoms with van der Waals surface area (Å²) in [5.74, 6) is 0.999. The summed E-state index contributed by atoms with van der Waals surface area (Å²) in [6.07, 6.45) is 0. The van der Waals surface area contributed by atoms with Crippen molar-refractivity contribution in [3.05, 3.63) is 200 Å². The van der Waals surface area contributed by atoms with Crippen molar-refractivity contribution in [1.82, 2.24) is 4.57 Å². The molecule has 0 bridgehead atoms. The van der Waals surface area contributed by atoms with Crippen molar-refractivity contribution in [3.8, 4) is 11.1 Å². The molecule has 0 radical (unpaired) electrons. The monoisotopic (exact) mass is 825 g/mol. The second kappa shape index (κ2) is 12.4. The predicted octanol–water partition coefficient (Wildman–Crippen LogP) is 10.2. The van der Waals surface area contributed by atoms with E-state index >= 15 is 0 Å². The predicted molar refractivity (Wildman–Crippen MR) is 232 cm³/mol. The second-order valence-electron chi connectivity index (χ2n) is 14.6. The van der Waals surface area contributed by atoms with Crippen molar-refractivity contribution in [2.75, 3.05) is 0 Å². The molecule has 1 aromatic heterocycles. The Morgan fingerprint density at radius 2 is 0.929 bits per heavy atom. The summed E-state index contributed by atoms with van der Waals surface area (Å²) < 4.78 is 6.10. The van der Waals surface area contributed by atoms with Crippen LogP contribution < -0.4 is 21.5 Å². The molecule has 10 aromatic carbocycles. The fourth-order valence-electron chi connectivity index (χ4n) is 8.83. The van der Waals surface area contributed by atoms with E-state index in [0.717, 1.165) is 20.9 Å². The Hall–Kier alpha value is -6.63. The fourth-order valence-corrected chi connectivity index (χ4v) is 11.6. The summed E-state index contributed by atoms with van der Waals surface area (Å²) in [6.45, 7) is 0. The van der Waals surface area contributed by atoms with Gasteiger partial charge in [0.2, 0.25) is 0 Å². The number of hydrogen-bond acceptors (Lipinski definition) is 1. The molecule has 1 aliphatic rings. The van der Waals surface area contributed by atoms with Gasteiger partial charge in [0.25, 0.3) is 0 Å². The van der Waals surface area contributed by atoms with Gasteiger partial charge < -0.3 is 0 Å². The minimum atomic E-state index is -0.789. The molecule has 0 saturated heterocycles. The molecule has 0 N–H and O–H groups in total. The van der Waals surface area contributed by atoms with Crippen LogP contribution in [0.15, 0.2) is 199 Å². The van der Waals surface area contributed by atoms with Gasteiger partial charge in [0.1, 0.15) is 0 Å². The molecule has 0 fully saturated rings. The molecule has 0 aliphatic carbocycles. The Balaban J connectivity index is 1.14. The molecule has 0 amide bonds. The maximum absolute atomic E-state index is 5.69. The average molecular weight is 826 g/mol. The van der Waals surface area contributed by atoms with E-state index in [-0.39, 0.29) is 0 Å². The third kappa shape index (κ3) is 4.82. The molecule has 11 aromatic rings. The first-order valence-electron chi connectivity index (χ1n) is 19.0. The third-order valence-electron chi connectivity index (χ3n) is 11.4. The molecule has 4 heteroatoms. The van der Waals surface area contributed by atoms with Crippen LogP contribution in [0.3, 0.4) is 0 Å². The van der Waals surface area contributed by atoms with Crippen LogP contribution in [0.5, 0.6) is 0 Å². The number of fused-ring (bicyclic) bond motifs is 12. The van der Waals surface area contributed by atoms with Crippen LogP contribution in [0.2, 0.25) is 0 Å². The Kier molecular flexibility index (Phi) is 7.05. The summed E-state index contributed by atoms with van der Waals surface area (Å²) >= 11 is -0.789.